The highest BCUT2D eigenvalue weighted by atomic mass is 15.0. The maximum Gasteiger partial charge on any atom is 0.160 e. The van der Waals surface area contributed by atoms with E-state index < -0.39 is 0 Å². The smallest absolute Gasteiger partial charge is 0.160 e. The average molecular weight is 891 g/mol. The molecule has 70 heavy (non-hydrogen) atoms. The number of nitrogens with zero attached hydrogens (tertiary/aromatic N) is 4. The molecule has 3 heterocycles. The first kappa shape index (κ1) is 39.8. The van der Waals surface area contributed by atoms with Gasteiger partial charge in [0.1, 0.15) is 0 Å². The van der Waals surface area contributed by atoms with Crippen molar-refractivity contribution < 1.29 is 0 Å². The van der Waals surface area contributed by atoms with Gasteiger partial charge in [0.2, 0.25) is 0 Å². The van der Waals surface area contributed by atoms with Gasteiger partial charge in [-0.05, 0) is 118 Å². The van der Waals surface area contributed by atoms with Crippen LogP contribution in [0.3, 0.4) is 0 Å². The highest BCUT2D eigenvalue weighted by Gasteiger charge is 2.20. The molecule has 0 aliphatic carbocycles. The third-order valence-electron chi connectivity index (χ3n) is 14.1. The number of hydrogen-bond acceptors (Lipinski definition) is 2. The fourth-order valence-electron chi connectivity index (χ4n) is 10.8. The zero-order valence-electron chi connectivity index (χ0n) is 38.0. The Bertz CT molecular complexity index is 4320. The molecule has 0 bridgehead atoms. The molecule has 0 spiro atoms. The van der Waals surface area contributed by atoms with Crippen molar-refractivity contribution in [2.24, 2.45) is 0 Å². The predicted octanol–water partition coefficient (Wildman–Crippen LogP) is 17.3. The van der Waals surface area contributed by atoms with Crippen LogP contribution >= 0.6 is 0 Å². The van der Waals surface area contributed by atoms with E-state index >= 15 is 0 Å². The van der Waals surface area contributed by atoms with Gasteiger partial charge in [-0.25, -0.2) is 9.97 Å². The van der Waals surface area contributed by atoms with Crippen LogP contribution in [0.15, 0.2) is 255 Å². The lowest BCUT2D eigenvalue weighted by Gasteiger charge is -2.14. The summed E-state index contributed by atoms with van der Waals surface area (Å²) in [5, 5.41) is 8.14. The van der Waals surface area contributed by atoms with Gasteiger partial charge in [-0.15, -0.1) is 0 Å². The lowest BCUT2D eigenvalue weighted by Crippen LogP contribution is -1.98. The molecule has 14 aromatic rings. The Hall–Kier alpha value is -9.38. The summed E-state index contributed by atoms with van der Waals surface area (Å²) in [6.45, 7) is 0. The molecule has 0 unspecified atom stereocenters. The number of fused-ring (bicyclic) bond motifs is 9. The largest absolute Gasteiger partial charge is 0.309 e. The summed E-state index contributed by atoms with van der Waals surface area (Å²) < 4.78 is 4.82. The molecule has 0 N–H and O–H groups in total. The molecule has 0 amide bonds. The summed E-state index contributed by atoms with van der Waals surface area (Å²) >= 11 is 0. The summed E-state index contributed by atoms with van der Waals surface area (Å²) in [5.74, 6) is 0.710. The molecule has 4 heteroatoms. The number of hydrogen-bond donors (Lipinski definition) is 0. The van der Waals surface area contributed by atoms with E-state index in [0.29, 0.717) is 5.82 Å². The van der Waals surface area contributed by atoms with Crippen molar-refractivity contribution in [3.05, 3.63) is 255 Å². The topological polar surface area (TPSA) is 35.6 Å². The second-order valence-electron chi connectivity index (χ2n) is 18.2. The van der Waals surface area contributed by atoms with Crippen molar-refractivity contribution >= 4 is 65.3 Å². The molecule has 0 saturated carbocycles. The molecule has 0 saturated heterocycles. The van der Waals surface area contributed by atoms with Crippen molar-refractivity contribution in [2.75, 3.05) is 0 Å². The van der Waals surface area contributed by atoms with Crippen LogP contribution < -0.4 is 0 Å². The van der Waals surface area contributed by atoms with Crippen LogP contribution in [0.5, 0.6) is 0 Å². The Morgan fingerprint density at radius 2 is 0.671 bits per heavy atom. The first-order valence-electron chi connectivity index (χ1n) is 23.9. The maximum atomic E-state index is 5.34. The minimum absolute atomic E-state index is 0.710. The van der Waals surface area contributed by atoms with Gasteiger partial charge in [-0.1, -0.05) is 176 Å². The second kappa shape index (κ2) is 16.2. The van der Waals surface area contributed by atoms with E-state index in [0.717, 1.165) is 60.9 Å². The van der Waals surface area contributed by atoms with E-state index in [4.69, 9.17) is 9.97 Å². The minimum atomic E-state index is 0.710. The van der Waals surface area contributed by atoms with E-state index in [1.165, 1.54) is 66.0 Å². The number of para-hydroxylation sites is 1. The third-order valence-corrected chi connectivity index (χ3v) is 14.1. The van der Waals surface area contributed by atoms with Gasteiger partial charge >= 0.3 is 0 Å². The quantitative estimate of drug-likeness (QED) is 0.149. The number of aromatic nitrogens is 4. The molecule has 0 aliphatic heterocycles. The van der Waals surface area contributed by atoms with Gasteiger partial charge in [-0.3, -0.25) is 0 Å². The molecule has 0 fully saturated rings. The SMILES string of the molecule is c1ccc(-c2ccc3c(c2)c2cc(-c4ccc5c(c4)c4cc(-c6ccccc6)ccc4n5-c4cccc(-c5nc(-c6ccccc6)nc6c5ccc5ccccc56)c4)ccc2n3-c2ccccc2)cc1. The summed E-state index contributed by atoms with van der Waals surface area (Å²) in [5.41, 5.74) is 17.9. The Morgan fingerprint density at radius 3 is 1.21 bits per heavy atom. The van der Waals surface area contributed by atoms with Gasteiger partial charge in [-0.2, -0.15) is 0 Å². The molecule has 326 valence electrons. The van der Waals surface area contributed by atoms with Crippen LogP contribution in [0.25, 0.3) is 133 Å². The van der Waals surface area contributed by atoms with Crippen LogP contribution in [0.1, 0.15) is 0 Å². The van der Waals surface area contributed by atoms with Gasteiger partial charge in [0.05, 0.1) is 33.3 Å². The standard InChI is InChI=1S/C66H42N4/c1-5-16-43(17-6-1)47-29-34-60-56(39-47)58-41-49(31-36-61(58)69(60)52-24-11-4-12-25-52)50-32-37-63-59(42-50)57-40-48(44-18-7-2-8-19-44)30-35-62(57)70(63)53-26-15-23-51(38-53)64-55-33-28-45-20-13-14-27-54(45)65(55)68-66(67-64)46-21-9-3-10-22-46/h1-42H. The number of benzene rings is 11. The van der Waals surface area contributed by atoms with E-state index in [-0.39, 0.29) is 0 Å². The molecule has 0 radical (unpaired) electrons. The van der Waals surface area contributed by atoms with E-state index in [2.05, 4.69) is 246 Å². The van der Waals surface area contributed by atoms with Crippen LogP contribution in [0.2, 0.25) is 0 Å². The van der Waals surface area contributed by atoms with Gasteiger partial charge < -0.3 is 9.13 Å². The molecule has 4 nitrogen and oxygen atoms in total. The molecular formula is C66H42N4. The zero-order valence-corrected chi connectivity index (χ0v) is 38.0. The van der Waals surface area contributed by atoms with Gasteiger partial charge in [0.15, 0.2) is 5.82 Å². The Morgan fingerprint density at radius 1 is 0.243 bits per heavy atom. The van der Waals surface area contributed by atoms with Crippen molar-refractivity contribution in [1.29, 1.82) is 0 Å². The fourth-order valence-corrected chi connectivity index (χ4v) is 10.8. The van der Waals surface area contributed by atoms with E-state index in [9.17, 15) is 0 Å². The monoisotopic (exact) mass is 890 g/mol. The number of rotatable bonds is 7. The van der Waals surface area contributed by atoms with Crippen molar-refractivity contribution in [3.63, 3.8) is 0 Å². The Labute approximate surface area is 404 Å². The summed E-state index contributed by atoms with van der Waals surface area (Å²) in [7, 11) is 0. The fraction of sp³-hybridized carbons (Fsp3) is 0. The van der Waals surface area contributed by atoms with Crippen molar-refractivity contribution in [2.45, 2.75) is 0 Å². The highest BCUT2D eigenvalue weighted by Crippen LogP contribution is 2.42. The normalized spacial score (nSPS) is 11.7. The minimum Gasteiger partial charge on any atom is -0.309 e. The van der Waals surface area contributed by atoms with Gasteiger partial charge in [0.25, 0.3) is 0 Å². The lowest BCUT2D eigenvalue weighted by atomic mass is 9.98. The lowest BCUT2D eigenvalue weighted by molar-refractivity contribution is 1.18. The van der Waals surface area contributed by atoms with Crippen LogP contribution in [-0.4, -0.2) is 19.1 Å². The molecule has 0 aliphatic rings. The zero-order chi connectivity index (χ0) is 46.1. The van der Waals surface area contributed by atoms with Crippen molar-refractivity contribution in [3.8, 4) is 67.4 Å². The third kappa shape index (κ3) is 6.53. The highest BCUT2D eigenvalue weighted by molar-refractivity contribution is 6.14. The Balaban J connectivity index is 0.966. The second-order valence-corrected chi connectivity index (χ2v) is 18.2. The predicted molar refractivity (Wildman–Crippen MR) is 293 cm³/mol. The maximum absolute atomic E-state index is 5.34. The molecule has 0 atom stereocenters. The molecule has 14 rings (SSSR count). The Kier molecular flexibility index (Phi) is 9.17. The molecule has 3 aromatic heterocycles. The van der Waals surface area contributed by atoms with Crippen LogP contribution in [0, 0.1) is 0 Å². The van der Waals surface area contributed by atoms with Crippen LogP contribution in [-0.2, 0) is 0 Å². The molecule has 11 aromatic carbocycles. The average Bonchev–Trinajstić information content (AvgIpc) is 3.95. The first-order chi connectivity index (χ1) is 34.7. The van der Waals surface area contributed by atoms with Gasteiger partial charge in [0, 0.05) is 54.8 Å². The molecular weight excluding hydrogens is 849 g/mol. The first-order valence-corrected chi connectivity index (χ1v) is 23.9. The summed E-state index contributed by atoms with van der Waals surface area (Å²) in [4.78, 5) is 10.6. The van der Waals surface area contributed by atoms with Crippen molar-refractivity contribution in [1.82, 2.24) is 19.1 Å². The van der Waals surface area contributed by atoms with E-state index in [1.54, 1.807) is 0 Å². The van der Waals surface area contributed by atoms with Crippen LogP contribution in [0.4, 0.5) is 0 Å². The summed E-state index contributed by atoms with van der Waals surface area (Å²) in [6, 6.07) is 91.9. The van der Waals surface area contributed by atoms with E-state index in [1.807, 2.05) is 18.2 Å². The summed E-state index contributed by atoms with van der Waals surface area (Å²) in [6.07, 6.45) is 0.